The van der Waals surface area contributed by atoms with Crippen LogP contribution >= 0.6 is 11.3 Å². The number of nitrogens with one attached hydrogen (secondary N) is 1. The third kappa shape index (κ3) is 3.07. The minimum Gasteiger partial charge on any atom is -0.312 e. The molecule has 0 aromatic carbocycles. The van der Waals surface area contributed by atoms with Crippen LogP contribution < -0.4 is 5.32 Å². The van der Waals surface area contributed by atoms with E-state index in [9.17, 15) is 0 Å². The Balaban J connectivity index is 1.74. The molecule has 2 unspecified atom stereocenters. The van der Waals surface area contributed by atoms with Gasteiger partial charge in [0.1, 0.15) is 0 Å². The molecule has 1 aromatic heterocycles. The molecule has 2 atom stereocenters. The summed E-state index contributed by atoms with van der Waals surface area (Å²) in [7, 11) is 0. The van der Waals surface area contributed by atoms with E-state index in [1.165, 1.54) is 24.1 Å². The topological polar surface area (TPSA) is 35.8 Å². The van der Waals surface area contributed by atoms with E-state index < -0.39 is 0 Å². The fourth-order valence-electron chi connectivity index (χ4n) is 2.37. The molecule has 86 valence electrons. The highest BCUT2D eigenvalue weighted by Crippen LogP contribution is 2.23. The van der Waals surface area contributed by atoms with E-state index in [2.05, 4.69) is 28.9 Å². The lowest BCUT2D eigenvalue weighted by Gasteiger charge is -2.27. The largest absolute Gasteiger partial charge is 0.312 e. The average molecular weight is 234 g/mol. The summed E-state index contributed by atoms with van der Waals surface area (Å²) in [4.78, 5) is 1.43. The van der Waals surface area contributed by atoms with Crippen molar-refractivity contribution in [2.45, 2.75) is 38.1 Å². The van der Waals surface area contributed by atoms with Crippen LogP contribution in [0.25, 0.3) is 0 Å². The van der Waals surface area contributed by atoms with E-state index >= 15 is 0 Å². The molecule has 2 rings (SSSR count). The van der Waals surface area contributed by atoms with Crippen molar-refractivity contribution in [1.82, 2.24) is 5.32 Å². The Labute approximate surface area is 101 Å². The first-order chi connectivity index (χ1) is 7.90. The first-order valence-electron chi connectivity index (χ1n) is 6.05. The standard InChI is InChI=1S/C13H18N2S/c14-10-11-4-1-2-6-13(11)15-8-7-12-5-3-9-16-12/h3,5,9,11,13,15H,1-2,4,6-8H2. The van der Waals surface area contributed by atoms with Crippen LogP contribution in [0.15, 0.2) is 17.5 Å². The molecule has 1 aliphatic rings. The normalized spacial score (nSPS) is 25.2. The zero-order valence-corrected chi connectivity index (χ0v) is 10.3. The summed E-state index contributed by atoms with van der Waals surface area (Å²) >= 11 is 1.81. The van der Waals surface area contributed by atoms with Gasteiger partial charge in [0.05, 0.1) is 12.0 Å². The number of hydrogen-bond acceptors (Lipinski definition) is 3. The van der Waals surface area contributed by atoms with Crippen molar-refractivity contribution in [2.24, 2.45) is 5.92 Å². The van der Waals surface area contributed by atoms with Gasteiger partial charge in [-0.15, -0.1) is 11.3 Å². The third-order valence-corrected chi connectivity index (χ3v) is 4.23. The van der Waals surface area contributed by atoms with Gasteiger partial charge in [-0.25, -0.2) is 0 Å². The molecular weight excluding hydrogens is 216 g/mol. The fraction of sp³-hybridized carbons (Fsp3) is 0.615. The third-order valence-electron chi connectivity index (χ3n) is 3.29. The van der Waals surface area contributed by atoms with Crippen molar-refractivity contribution in [3.63, 3.8) is 0 Å². The summed E-state index contributed by atoms with van der Waals surface area (Å²) in [6.45, 7) is 1.00. The Hall–Kier alpha value is -0.850. The minimum atomic E-state index is 0.233. The SMILES string of the molecule is N#CC1CCCCC1NCCc1cccs1. The summed E-state index contributed by atoms with van der Waals surface area (Å²) in [6.07, 6.45) is 5.83. The highest BCUT2D eigenvalue weighted by atomic mass is 32.1. The lowest BCUT2D eigenvalue weighted by Crippen LogP contribution is -2.38. The Morgan fingerprint density at radius 1 is 1.44 bits per heavy atom. The summed E-state index contributed by atoms with van der Waals surface area (Å²) in [5.74, 6) is 0.233. The molecule has 1 aliphatic carbocycles. The highest BCUT2D eigenvalue weighted by molar-refractivity contribution is 7.09. The molecule has 0 radical (unpaired) electrons. The Morgan fingerprint density at radius 3 is 3.06 bits per heavy atom. The highest BCUT2D eigenvalue weighted by Gasteiger charge is 2.23. The molecule has 1 fully saturated rings. The zero-order valence-electron chi connectivity index (χ0n) is 9.48. The molecule has 2 nitrogen and oxygen atoms in total. The maximum atomic E-state index is 9.06. The van der Waals surface area contributed by atoms with Crippen LogP contribution in [0.1, 0.15) is 30.6 Å². The van der Waals surface area contributed by atoms with Gasteiger partial charge in [0.15, 0.2) is 0 Å². The number of thiophene rings is 1. The van der Waals surface area contributed by atoms with E-state index in [-0.39, 0.29) is 5.92 Å². The second-order valence-electron chi connectivity index (χ2n) is 4.41. The van der Waals surface area contributed by atoms with Gasteiger partial charge in [-0.1, -0.05) is 18.9 Å². The predicted molar refractivity (Wildman–Crippen MR) is 67.4 cm³/mol. The van der Waals surface area contributed by atoms with Crippen molar-refractivity contribution >= 4 is 11.3 Å². The number of rotatable bonds is 4. The van der Waals surface area contributed by atoms with Crippen molar-refractivity contribution in [1.29, 1.82) is 5.26 Å². The predicted octanol–water partition coefficient (Wildman–Crippen LogP) is 2.96. The molecule has 1 heterocycles. The van der Waals surface area contributed by atoms with E-state index in [0.717, 1.165) is 19.4 Å². The monoisotopic (exact) mass is 234 g/mol. The van der Waals surface area contributed by atoms with Crippen LogP contribution in [0.3, 0.4) is 0 Å². The second-order valence-corrected chi connectivity index (χ2v) is 5.44. The molecule has 0 bridgehead atoms. The van der Waals surface area contributed by atoms with Gasteiger partial charge in [0, 0.05) is 17.5 Å². The second kappa shape index (κ2) is 6.03. The van der Waals surface area contributed by atoms with Gasteiger partial charge in [-0.2, -0.15) is 5.26 Å². The molecule has 0 saturated heterocycles. The van der Waals surface area contributed by atoms with Crippen LogP contribution in [-0.4, -0.2) is 12.6 Å². The maximum absolute atomic E-state index is 9.06. The van der Waals surface area contributed by atoms with Crippen LogP contribution in [-0.2, 0) is 6.42 Å². The fourth-order valence-corrected chi connectivity index (χ4v) is 3.07. The van der Waals surface area contributed by atoms with Gasteiger partial charge >= 0.3 is 0 Å². The first kappa shape index (κ1) is 11.6. The summed E-state index contributed by atoms with van der Waals surface area (Å²) in [5.41, 5.74) is 0. The smallest absolute Gasteiger partial charge is 0.0672 e. The van der Waals surface area contributed by atoms with Crippen molar-refractivity contribution in [3.05, 3.63) is 22.4 Å². The van der Waals surface area contributed by atoms with Gasteiger partial charge in [0.2, 0.25) is 0 Å². The average Bonchev–Trinajstić information content (AvgIpc) is 2.83. The summed E-state index contributed by atoms with van der Waals surface area (Å²) in [6, 6.07) is 7.14. The van der Waals surface area contributed by atoms with Crippen LogP contribution in [0.4, 0.5) is 0 Å². The number of nitriles is 1. The van der Waals surface area contributed by atoms with E-state index in [1.807, 2.05) is 11.3 Å². The van der Waals surface area contributed by atoms with Crippen LogP contribution in [0.5, 0.6) is 0 Å². The van der Waals surface area contributed by atoms with Gasteiger partial charge in [0.25, 0.3) is 0 Å². The maximum Gasteiger partial charge on any atom is 0.0672 e. The Bertz CT molecular complexity index is 339. The van der Waals surface area contributed by atoms with E-state index in [4.69, 9.17) is 5.26 Å². The molecule has 1 saturated carbocycles. The molecule has 0 spiro atoms. The molecular formula is C13H18N2S. The molecule has 16 heavy (non-hydrogen) atoms. The summed E-state index contributed by atoms with van der Waals surface area (Å²) in [5, 5.41) is 14.7. The molecule has 1 aromatic rings. The van der Waals surface area contributed by atoms with E-state index in [0.29, 0.717) is 6.04 Å². The minimum absolute atomic E-state index is 0.233. The Morgan fingerprint density at radius 2 is 2.31 bits per heavy atom. The first-order valence-corrected chi connectivity index (χ1v) is 6.93. The lowest BCUT2D eigenvalue weighted by molar-refractivity contribution is 0.314. The quantitative estimate of drug-likeness (QED) is 0.869. The van der Waals surface area contributed by atoms with E-state index in [1.54, 1.807) is 0 Å². The number of nitrogens with zero attached hydrogens (tertiary/aromatic N) is 1. The molecule has 3 heteroatoms. The van der Waals surface area contributed by atoms with Crippen molar-refractivity contribution in [2.75, 3.05) is 6.54 Å². The van der Waals surface area contributed by atoms with Crippen molar-refractivity contribution < 1.29 is 0 Å². The number of hydrogen-bond donors (Lipinski definition) is 1. The molecule has 0 aliphatic heterocycles. The molecule has 1 N–H and O–H groups in total. The lowest BCUT2D eigenvalue weighted by atomic mass is 9.85. The van der Waals surface area contributed by atoms with Gasteiger partial charge < -0.3 is 5.32 Å². The van der Waals surface area contributed by atoms with Gasteiger partial charge in [-0.05, 0) is 30.7 Å². The van der Waals surface area contributed by atoms with Crippen LogP contribution in [0, 0.1) is 17.2 Å². The summed E-state index contributed by atoms with van der Waals surface area (Å²) < 4.78 is 0. The Kier molecular flexibility index (Phi) is 4.38. The van der Waals surface area contributed by atoms with Crippen LogP contribution in [0.2, 0.25) is 0 Å². The zero-order chi connectivity index (χ0) is 11.2. The van der Waals surface area contributed by atoms with Gasteiger partial charge in [-0.3, -0.25) is 0 Å². The van der Waals surface area contributed by atoms with Crippen molar-refractivity contribution in [3.8, 4) is 6.07 Å². The molecule has 0 amide bonds.